The quantitative estimate of drug-likeness (QED) is 0.344. The third-order valence-electron chi connectivity index (χ3n) is 5.76. The molecule has 0 aliphatic rings. The first-order valence-corrected chi connectivity index (χ1v) is 11.7. The number of hydrogen-bond acceptors (Lipinski definition) is 6. The minimum Gasteiger partial charge on any atom is -0.374 e. The summed E-state index contributed by atoms with van der Waals surface area (Å²) in [6.07, 6.45) is 0. The van der Waals surface area contributed by atoms with Crippen LogP contribution in [0, 0.1) is 0 Å². The van der Waals surface area contributed by atoms with Crippen LogP contribution in [-0.4, -0.2) is 59.8 Å². The maximum atomic E-state index is 5.74. The SMILES string of the molecule is CCOCc1nc2c(NCCN(C)Cc3ccccc3)nc3ccccc3c2n1CCNC. The van der Waals surface area contributed by atoms with Crippen LogP contribution in [0.25, 0.3) is 21.9 Å². The lowest BCUT2D eigenvalue weighted by Gasteiger charge is -2.17. The number of benzene rings is 2. The maximum Gasteiger partial charge on any atom is 0.154 e. The van der Waals surface area contributed by atoms with Gasteiger partial charge in [-0.1, -0.05) is 48.5 Å². The first-order valence-electron chi connectivity index (χ1n) is 11.7. The summed E-state index contributed by atoms with van der Waals surface area (Å²) >= 11 is 0. The molecule has 0 saturated carbocycles. The fourth-order valence-corrected chi connectivity index (χ4v) is 4.11. The number of hydrogen-bond donors (Lipinski definition) is 2. The van der Waals surface area contributed by atoms with Crippen molar-refractivity contribution in [2.45, 2.75) is 26.6 Å². The number of para-hydroxylation sites is 1. The fraction of sp³-hybridized carbons (Fsp3) is 0.385. The molecule has 2 aromatic carbocycles. The molecule has 0 spiro atoms. The van der Waals surface area contributed by atoms with Crippen molar-refractivity contribution in [3.8, 4) is 0 Å². The predicted octanol–water partition coefficient (Wildman–Crippen LogP) is 3.88. The van der Waals surface area contributed by atoms with E-state index in [0.29, 0.717) is 13.2 Å². The van der Waals surface area contributed by atoms with Crippen molar-refractivity contribution < 1.29 is 4.74 Å². The minimum atomic E-state index is 0.489. The van der Waals surface area contributed by atoms with E-state index < -0.39 is 0 Å². The lowest BCUT2D eigenvalue weighted by atomic mass is 10.2. The van der Waals surface area contributed by atoms with Crippen LogP contribution >= 0.6 is 0 Å². The highest BCUT2D eigenvalue weighted by Gasteiger charge is 2.18. The number of aromatic nitrogens is 3. The van der Waals surface area contributed by atoms with E-state index >= 15 is 0 Å². The monoisotopic (exact) mass is 446 g/mol. The van der Waals surface area contributed by atoms with Gasteiger partial charge in [-0.15, -0.1) is 0 Å². The molecular weight excluding hydrogens is 412 g/mol. The Hall–Kier alpha value is -3.00. The van der Waals surface area contributed by atoms with Crippen molar-refractivity contribution >= 4 is 27.8 Å². The van der Waals surface area contributed by atoms with Gasteiger partial charge in [0.2, 0.25) is 0 Å². The molecule has 2 N–H and O–H groups in total. The van der Waals surface area contributed by atoms with Crippen LogP contribution in [0.15, 0.2) is 54.6 Å². The van der Waals surface area contributed by atoms with Crippen molar-refractivity contribution in [2.24, 2.45) is 0 Å². The molecule has 0 aliphatic heterocycles. The molecule has 0 bridgehead atoms. The second-order valence-electron chi connectivity index (χ2n) is 8.25. The van der Waals surface area contributed by atoms with Gasteiger partial charge in [-0.2, -0.15) is 0 Å². The van der Waals surface area contributed by atoms with Crippen LogP contribution in [0.4, 0.5) is 5.82 Å². The maximum absolute atomic E-state index is 5.74. The van der Waals surface area contributed by atoms with Gasteiger partial charge >= 0.3 is 0 Å². The number of fused-ring (bicyclic) bond motifs is 3. The molecule has 7 heteroatoms. The van der Waals surface area contributed by atoms with Gasteiger partial charge in [0.1, 0.15) is 17.9 Å². The Balaban J connectivity index is 1.62. The van der Waals surface area contributed by atoms with Gasteiger partial charge in [0.25, 0.3) is 0 Å². The molecule has 2 aromatic heterocycles. The molecule has 4 aromatic rings. The normalized spacial score (nSPS) is 11.6. The van der Waals surface area contributed by atoms with E-state index in [9.17, 15) is 0 Å². The summed E-state index contributed by atoms with van der Waals surface area (Å²) in [4.78, 5) is 12.2. The van der Waals surface area contributed by atoms with Crippen molar-refractivity contribution in [2.75, 3.05) is 45.7 Å². The molecule has 174 valence electrons. The Bertz CT molecular complexity index is 1170. The second-order valence-corrected chi connectivity index (χ2v) is 8.25. The topological polar surface area (TPSA) is 67.2 Å². The van der Waals surface area contributed by atoms with Gasteiger partial charge in [-0.25, -0.2) is 9.97 Å². The number of anilines is 1. The van der Waals surface area contributed by atoms with Gasteiger partial charge in [0, 0.05) is 44.7 Å². The Labute approximate surface area is 195 Å². The smallest absolute Gasteiger partial charge is 0.154 e. The number of ether oxygens (including phenoxy) is 1. The first kappa shape index (κ1) is 23.2. The summed E-state index contributed by atoms with van der Waals surface area (Å²) < 4.78 is 8.02. The van der Waals surface area contributed by atoms with Gasteiger partial charge in [0.15, 0.2) is 5.82 Å². The van der Waals surface area contributed by atoms with Crippen molar-refractivity contribution in [1.82, 2.24) is 24.8 Å². The van der Waals surface area contributed by atoms with E-state index in [4.69, 9.17) is 14.7 Å². The number of likely N-dealkylation sites (N-methyl/N-ethyl adjacent to an activating group) is 2. The highest BCUT2D eigenvalue weighted by atomic mass is 16.5. The highest BCUT2D eigenvalue weighted by molar-refractivity contribution is 6.07. The first-order chi connectivity index (χ1) is 16.2. The van der Waals surface area contributed by atoms with Crippen molar-refractivity contribution in [1.29, 1.82) is 0 Å². The molecule has 2 heterocycles. The average Bonchev–Trinajstić information content (AvgIpc) is 3.20. The zero-order valence-corrected chi connectivity index (χ0v) is 19.8. The number of imidazole rings is 1. The Kier molecular flexibility index (Phi) is 7.88. The van der Waals surface area contributed by atoms with Crippen molar-refractivity contribution in [3.05, 3.63) is 66.0 Å². The third-order valence-corrected chi connectivity index (χ3v) is 5.76. The molecule has 0 fully saturated rings. The Morgan fingerprint density at radius 3 is 2.58 bits per heavy atom. The van der Waals surface area contributed by atoms with Crippen LogP contribution in [-0.2, 0) is 24.4 Å². The standard InChI is InChI=1S/C26H34N6O/c1-4-33-19-23-30-24-25(32(23)17-14-27-2)21-12-8-9-13-22(21)29-26(24)28-15-16-31(3)18-20-10-6-5-7-11-20/h5-13,27H,4,14-19H2,1-3H3,(H,28,29). The molecule has 0 aliphatic carbocycles. The molecule has 0 atom stereocenters. The van der Waals surface area contributed by atoms with Crippen LogP contribution in [0.3, 0.4) is 0 Å². The van der Waals surface area contributed by atoms with E-state index in [2.05, 4.69) is 75.7 Å². The molecule has 33 heavy (non-hydrogen) atoms. The fourth-order valence-electron chi connectivity index (χ4n) is 4.11. The molecule has 7 nitrogen and oxygen atoms in total. The summed E-state index contributed by atoms with van der Waals surface area (Å²) in [7, 11) is 4.12. The summed E-state index contributed by atoms with van der Waals surface area (Å²) in [6.45, 7) is 7.44. The van der Waals surface area contributed by atoms with Crippen LogP contribution in [0.2, 0.25) is 0 Å². The van der Waals surface area contributed by atoms with E-state index in [1.54, 1.807) is 0 Å². The molecular formula is C26H34N6O. The largest absolute Gasteiger partial charge is 0.374 e. The zero-order valence-electron chi connectivity index (χ0n) is 19.8. The van der Waals surface area contributed by atoms with Gasteiger partial charge in [-0.05, 0) is 32.6 Å². The summed E-state index contributed by atoms with van der Waals surface area (Å²) in [5.74, 6) is 1.77. The van der Waals surface area contributed by atoms with E-state index in [1.807, 2.05) is 20.0 Å². The lowest BCUT2D eigenvalue weighted by molar-refractivity contribution is 0.126. The Morgan fingerprint density at radius 1 is 1.00 bits per heavy atom. The molecule has 4 rings (SSSR count). The summed E-state index contributed by atoms with van der Waals surface area (Å²) in [6, 6.07) is 18.8. The minimum absolute atomic E-state index is 0.489. The van der Waals surface area contributed by atoms with Gasteiger partial charge in [-0.3, -0.25) is 0 Å². The molecule has 0 saturated heterocycles. The highest BCUT2D eigenvalue weighted by Crippen LogP contribution is 2.30. The van der Waals surface area contributed by atoms with E-state index in [-0.39, 0.29) is 0 Å². The van der Waals surface area contributed by atoms with E-state index in [1.165, 1.54) is 5.56 Å². The molecule has 0 unspecified atom stereocenters. The van der Waals surface area contributed by atoms with Gasteiger partial charge in [0.05, 0.1) is 11.0 Å². The number of nitrogens with one attached hydrogen (secondary N) is 2. The van der Waals surface area contributed by atoms with Crippen LogP contribution in [0.5, 0.6) is 0 Å². The lowest BCUT2D eigenvalue weighted by Crippen LogP contribution is -2.25. The van der Waals surface area contributed by atoms with E-state index in [0.717, 1.165) is 66.3 Å². The predicted molar refractivity (Wildman–Crippen MR) is 136 cm³/mol. The van der Waals surface area contributed by atoms with Crippen LogP contribution in [0.1, 0.15) is 18.3 Å². The average molecular weight is 447 g/mol. The summed E-state index contributed by atoms with van der Waals surface area (Å²) in [5, 5.41) is 7.94. The summed E-state index contributed by atoms with van der Waals surface area (Å²) in [5.41, 5.74) is 4.31. The number of rotatable bonds is 12. The zero-order chi connectivity index (χ0) is 23.0. The van der Waals surface area contributed by atoms with Crippen LogP contribution < -0.4 is 10.6 Å². The van der Waals surface area contributed by atoms with Crippen molar-refractivity contribution in [3.63, 3.8) is 0 Å². The number of nitrogens with zero attached hydrogens (tertiary/aromatic N) is 4. The second kappa shape index (κ2) is 11.2. The molecule has 0 radical (unpaired) electrons. The van der Waals surface area contributed by atoms with Gasteiger partial charge < -0.3 is 24.8 Å². The third kappa shape index (κ3) is 5.50. The Morgan fingerprint density at radius 2 is 1.79 bits per heavy atom. The number of pyridine rings is 1. The molecule has 0 amide bonds.